The zero-order valence-electron chi connectivity index (χ0n) is 21.7. The lowest BCUT2D eigenvalue weighted by molar-refractivity contribution is -0.139. The van der Waals surface area contributed by atoms with E-state index in [0.29, 0.717) is 24.3 Å². The van der Waals surface area contributed by atoms with Crippen LogP contribution < -0.4 is 10.1 Å². The van der Waals surface area contributed by atoms with E-state index in [0.717, 1.165) is 12.1 Å². The molecule has 2 aliphatic heterocycles. The Labute approximate surface area is 243 Å². The number of rotatable bonds is 4. The molecule has 0 radical (unpaired) electrons. The lowest BCUT2D eigenvalue weighted by Gasteiger charge is -2.39. The Balaban J connectivity index is 1.31. The summed E-state index contributed by atoms with van der Waals surface area (Å²) in [6.07, 6.45) is -9.35. The number of nitrogens with one attached hydrogen (secondary N) is 1. The van der Waals surface area contributed by atoms with E-state index < -0.39 is 59.7 Å². The molecule has 3 aromatic carbocycles. The largest absolute Gasteiger partial charge is 0.482 e. The molecule has 3 amide bonds. The quantitative estimate of drug-likeness (QED) is 0.367. The molecule has 3 aromatic rings. The van der Waals surface area contributed by atoms with Crippen molar-refractivity contribution in [3.63, 3.8) is 0 Å². The van der Waals surface area contributed by atoms with Crippen LogP contribution in [-0.2, 0) is 21.9 Å². The molecule has 0 saturated carbocycles. The van der Waals surface area contributed by atoms with E-state index in [1.807, 2.05) is 0 Å². The lowest BCUT2D eigenvalue weighted by Crippen LogP contribution is -2.60. The van der Waals surface area contributed by atoms with Crippen LogP contribution in [0.5, 0.6) is 5.75 Å². The zero-order chi connectivity index (χ0) is 31.3. The van der Waals surface area contributed by atoms with Gasteiger partial charge >= 0.3 is 12.4 Å². The van der Waals surface area contributed by atoms with Crippen molar-refractivity contribution in [3.8, 4) is 16.9 Å². The number of halogens is 8. The fraction of sp³-hybridized carbons (Fsp3) is 0.250. The normalized spacial score (nSPS) is 17.2. The average molecular weight is 630 g/mol. The van der Waals surface area contributed by atoms with Crippen molar-refractivity contribution >= 4 is 35.0 Å². The molecule has 0 spiro atoms. The first-order valence-electron chi connectivity index (χ1n) is 12.5. The molecule has 2 heterocycles. The van der Waals surface area contributed by atoms with Crippen LogP contribution in [0.1, 0.15) is 21.5 Å². The maximum absolute atomic E-state index is 14.5. The van der Waals surface area contributed by atoms with Crippen LogP contribution in [0, 0.1) is 5.82 Å². The van der Waals surface area contributed by atoms with Gasteiger partial charge in [0.05, 0.1) is 33.9 Å². The Kier molecular flexibility index (Phi) is 7.75. The van der Waals surface area contributed by atoms with Gasteiger partial charge in [-0.15, -0.1) is 0 Å². The van der Waals surface area contributed by atoms with Gasteiger partial charge in [0.2, 0.25) is 5.91 Å². The van der Waals surface area contributed by atoms with E-state index in [2.05, 4.69) is 5.32 Å². The van der Waals surface area contributed by atoms with Crippen LogP contribution in [0.4, 0.5) is 36.4 Å². The molecule has 1 atom stereocenters. The molecule has 0 unspecified atom stereocenters. The third kappa shape index (κ3) is 6.10. The fourth-order valence-corrected chi connectivity index (χ4v) is 5.03. The van der Waals surface area contributed by atoms with Crippen LogP contribution in [0.25, 0.3) is 11.1 Å². The van der Waals surface area contributed by atoms with Gasteiger partial charge in [0.1, 0.15) is 17.6 Å². The highest BCUT2D eigenvalue weighted by molar-refractivity contribution is 6.32. The summed E-state index contributed by atoms with van der Waals surface area (Å²) in [6.45, 7) is -0.996. The summed E-state index contributed by atoms with van der Waals surface area (Å²) in [5, 5.41) is 2.21. The van der Waals surface area contributed by atoms with E-state index in [4.69, 9.17) is 16.3 Å². The number of hydrogen-bond donors (Lipinski definition) is 1. The van der Waals surface area contributed by atoms with E-state index in [1.54, 1.807) is 0 Å². The van der Waals surface area contributed by atoms with Gasteiger partial charge in [-0.2, -0.15) is 26.3 Å². The maximum atomic E-state index is 14.5. The Morgan fingerprint density at radius 1 is 0.907 bits per heavy atom. The molecule has 0 bridgehead atoms. The summed E-state index contributed by atoms with van der Waals surface area (Å²) in [5.41, 5.74) is -2.50. The van der Waals surface area contributed by atoms with Crippen molar-refractivity contribution in [3.05, 3.63) is 82.1 Å². The number of nitrogens with zero attached hydrogens (tertiary/aromatic N) is 2. The summed E-state index contributed by atoms with van der Waals surface area (Å²) >= 11 is 5.86. The minimum atomic E-state index is -4.72. The Hall–Kier alpha value is -4.33. The minimum Gasteiger partial charge on any atom is -0.482 e. The van der Waals surface area contributed by atoms with Crippen molar-refractivity contribution in [1.82, 2.24) is 9.80 Å². The molecule has 2 aliphatic rings. The predicted molar refractivity (Wildman–Crippen MR) is 139 cm³/mol. The maximum Gasteiger partial charge on any atom is 0.416 e. The molecule has 0 aromatic heterocycles. The van der Waals surface area contributed by atoms with E-state index in [-0.39, 0.29) is 52.8 Å². The average Bonchev–Trinajstić information content (AvgIpc) is 3.04. The van der Waals surface area contributed by atoms with Gasteiger partial charge in [0, 0.05) is 18.7 Å². The topological polar surface area (TPSA) is 79.0 Å². The highest BCUT2D eigenvalue weighted by atomic mass is 35.5. The van der Waals surface area contributed by atoms with E-state index >= 15 is 0 Å². The summed E-state index contributed by atoms with van der Waals surface area (Å²) < 4.78 is 98.1. The van der Waals surface area contributed by atoms with Gasteiger partial charge in [0.25, 0.3) is 11.8 Å². The second kappa shape index (κ2) is 11.1. The number of piperazine rings is 1. The van der Waals surface area contributed by atoms with Crippen molar-refractivity contribution in [2.24, 2.45) is 0 Å². The zero-order valence-corrected chi connectivity index (χ0v) is 22.4. The highest BCUT2D eigenvalue weighted by Gasteiger charge is 2.41. The fourth-order valence-electron chi connectivity index (χ4n) is 4.79. The van der Waals surface area contributed by atoms with Crippen molar-refractivity contribution < 1.29 is 49.9 Å². The third-order valence-electron chi connectivity index (χ3n) is 7.02. The van der Waals surface area contributed by atoms with Crippen LogP contribution in [0.15, 0.2) is 54.6 Å². The first-order chi connectivity index (χ1) is 20.1. The summed E-state index contributed by atoms with van der Waals surface area (Å²) in [4.78, 5) is 41.8. The van der Waals surface area contributed by atoms with Crippen molar-refractivity contribution in [2.45, 2.75) is 18.4 Å². The molecule has 15 heteroatoms. The number of fused-ring (bicyclic) bond motifs is 2. The van der Waals surface area contributed by atoms with E-state index in [9.17, 15) is 45.1 Å². The Morgan fingerprint density at radius 2 is 1.58 bits per heavy atom. The summed E-state index contributed by atoms with van der Waals surface area (Å²) in [5.74, 6) is -3.03. The summed E-state index contributed by atoms with van der Waals surface area (Å²) in [7, 11) is 0. The molecule has 7 nitrogen and oxygen atoms in total. The van der Waals surface area contributed by atoms with Gasteiger partial charge < -0.3 is 19.9 Å². The number of amides is 3. The van der Waals surface area contributed by atoms with Gasteiger partial charge in [0.15, 0.2) is 6.61 Å². The van der Waals surface area contributed by atoms with Crippen LogP contribution in [0.3, 0.4) is 0 Å². The van der Waals surface area contributed by atoms with Crippen LogP contribution in [-0.4, -0.2) is 59.8 Å². The van der Waals surface area contributed by atoms with E-state index in [1.165, 1.54) is 28.0 Å². The molecular weight excluding hydrogens is 611 g/mol. The number of ether oxygens (including phenoxy) is 1. The third-order valence-corrected chi connectivity index (χ3v) is 7.31. The second-order valence-electron chi connectivity index (χ2n) is 9.73. The molecule has 43 heavy (non-hydrogen) atoms. The molecule has 0 aliphatic carbocycles. The number of benzene rings is 3. The van der Waals surface area contributed by atoms with Gasteiger partial charge in [-0.1, -0.05) is 17.7 Å². The number of hydrogen-bond acceptors (Lipinski definition) is 4. The first kappa shape index (κ1) is 30.1. The molecule has 226 valence electrons. The number of anilines is 1. The van der Waals surface area contributed by atoms with Crippen molar-refractivity contribution in [2.75, 3.05) is 31.6 Å². The molecular formula is C28H19ClF7N3O4. The Morgan fingerprint density at radius 3 is 2.26 bits per heavy atom. The SMILES string of the molecule is O=C1Nc2ccc(-c3cc(C(F)(F)F)ccc3F)cc2C(=O)N2CCN(C(=O)COc3ccc(C(F)(F)F)cc3Cl)C[C@@H]12. The second-order valence-corrected chi connectivity index (χ2v) is 10.1. The lowest BCUT2D eigenvalue weighted by atomic mass is 9.98. The smallest absolute Gasteiger partial charge is 0.416 e. The van der Waals surface area contributed by atoms with Crippen LogP contribution in [0.2, 0.25) is 5.02 Å². The number of carbonyl (C=O) groups is 3. The first-order valence-corrected chi connectivity index (χ1v) is 12.9. The standard InChI is InChI=1S/C28H19ClF7N3O4/c29-19-11-16(28(34,35)36)3-6-23(19)43-13-24(40)38-7-8-39-22(12-38)25(41)37-21-5-1-14(9-18(21)26(39)42)17-10-15(27(31,32)33)2-4-20(17)30/h1-6,9-11,22H,7-8,12-13H2,(H,37,41)/t22-/m0/s1. The minimum absolute atomic E-state index is 0.0173. The Bertz CT molecular complexity index is 1630. The molecule has 1 saturated heterocycles. The van der Waals surface area contributed by atoms with Crippen LogP contribution >= 0.6 is 11.6 Å². The summed E-state index contributed by atoms with van der Waals surface area (Å²) in [6, 6.07) is 6.88. The molecule has 5 rings (SSSR count). The van der Waals surface area contributed by atoms with Gasteiger partial charge in [-0.25, -0.2) is 4.39 Å². The molecule has 1 fully saturated rings. The monoisotopic (exact) mass is 629 g/mol. The number of alkyl halides is 6. The highest BCUT2D eigenvalue weighted by Crippen LogP contribution is 2.37. The van der Waals surface area contributed by atoms with Gasteiger partial charge in [-0.3, -0.25) is 14.4 Å². The number of carbonyl (C=O) groups excluding carboxylic acids is 3. The predicted octanol–water partition coefficient (Wildman–Crippen LogP) is 5.87. The molecule has 1 N–H and O–H groups in total. The van der Waals surface area contributed by atoms with Crippen molar-refractivity contribution in [1.29, 1.82) is 0 Å². The van der Waals surface area contributed by atoms with Gasteiger partial charge in [-0.05, 0) is 54.1 Å².